The number of carbonyl (C=O) groups excluding carboxylic acids is 1. The number of rotatable bonds is 20. The van der Waals surface area contributed by atoms with Crippen molar-refractivity contribution in [2.75, 3.05) is 29.9 Å². The Balaban J connectivity index is 1.05. The first kappa shape index (κ1) is 40.9. The van der Waals surface area contributed by atoms with Gasteiger partial charge in [-0.05, 0) is 94.0 Å². The van der Waals surface area contributed by atoms with Gasteiger partial charge in [0.1, 0.15) is 5.82 Å². The number of allylic oxidation sites excluding steroid dienone is 10. The van der Waals surface area contributed by atoms with Gasteiger partial charge in [-0.25, -0.2) is 18.9 Å². The molecule has 4 aromatic rings. The molecule has 290 valence electrons. The van der Waals surface area contributed by atoms with Gasteiger partial charge in [0.2, 0.25) is 17.8 Å². The molecular weight excluding hydrogens is 688 g/mol. The smallest absolute Gasteiger partial charge is 0.261 e. The monoisotopic (exact) mass is 744 g/mol. The second-order valence-electron chi connectivity index (χ2n) is 14.1. The van der Waals surface area contributed by atoms with Gasteiger partial charge in [0, 0.05) is 44.9 Å². The minimum atomic E-state index is -0.340. The third kappa shape index (κ3) is 12.4. The lowest BCUT2D eigenvalue weighted by Crippen LogP contribution is -2.46. The maximum atomic E-state index is 13.6. The Bertz CT molecular complexity index is 2000. The zero-order chi connectivity index (χ0) is 38.7. The standard InChI is InChI=1S/C46H57FN6O2/c1-3-4-5-6-7-8-9-10-11-12-13-14-15-16-17-18-19-20-21-26-43(54)53-44(55)31-34-48-45(53)50(2)40-32-35-51(36-33-40)46-49-41-24-22-23-25-42(41)52(46)37-38-27-29-39(47)30-28-38/h4-5,7-8,10-11,13-14,16-17,22-25,27-31,34,40H,3,6,9,12,15,18-21,26,32-33,35-37H2,1-2H3/b5-4-,8-7-,11-10-,14-13-,17-16-. The predicted molar refractivity (Wildman–Crippen MR) is 226 cm³/mol. The van der Waals surface area contributed by atoms with Crippen LogP contribution >= 0.6 is 0 Å². The number of unbranched alkanes of at least 4 members (excludes halogenated alkanes) is 3. The number of para-hydroxylation sites is 2. The first-order valence-electron chi connectivity index (χ1n) is 20.0. The Morgan fingerprint density at radius 3 is 2.13 bits per heavy atom. The molecule has 2 aromatic carbocycles. The minimum absolute atomic E-state index is 0.1000. The van der Waals surface area contributed by atoms with Crippen LogP contribution < -0.4 is 15.4 Å². The topological polar surface area (TPSA) is 76.3 Å². The van der Waals surface area contributed by atoms with E-state index in [0.717, 1.165) is 106 Å². The van der Waals surface area contributed by atoms with Crippen LogP contribution in [-0.2, 0) is 6.54 Å². The van der Waals surface area contributed by atoms with Crippen molar-refractivity contribution >= 4 is 28.8 Å². The van der Waals surface area contributed by atoms with E-state index >= 15 is 0 Å². The lowest BCUT2D eigenvalue weighted by molar-refractivity contribution is 0.0894. The molecule has 55 heavy (non-hydrogen) atoms. The maximum Gasteiger partial charge on any atom is 0.261 e. The summed E-state index contributed by atoms with van der Waals surface area (Å²) in [6.07, 6.45) is 34.0. The summed E-state index contributed by atoms with van der Waals surface area (Å²) in [4.78, 5) is 40.2. The molecule has 5 rings (SSSR count). The van der Waals surface area contributed by atoms with Crippen LogP contribution in [0.5, 0.6) is 0 Å². The van der Waals surface area contributed by atoms with Crippen molar-refractivity contribution in [1.82, 2.24) is 19.1 Å². The van der Waals surface area contributed by atoms with Crippen LogP contribution in [0.3, 0.4) is 0 Å². The van der Waals surface area contributed by atoms with E-state index < -0.39 is 0 Å². The van der Waals surface area contributed by atoms with Gasteiger partial charge in [0.25, 0.3) is 5.56 Å². The number of imidazole rings is 1. The molecule has 1 saturated heterocycles. The lowest BCUT2D eigenvalue weighted by atomic mass is 10.0. The average Bonchev–Trinajstić information content (AvgIpc) is 3.57. The SMILES string of the molecule is CC/C=C\C/C=C\C/C=C\C/C=C\C/C=C\CCCCCC(=O)n1c(N(C)C2CCN(c3nc4ccccc4n3Cc3ccc(F)cc3)CC2)nccc1=O. The lowest BCUT2D eigenvalue weighted by Gasteiger charge is -2.38. The summed E-state index contributed by atoms with van der Waals surface area (Å²) < 4.78 is 17.1. The minimum Gasteiger partial charge on any atom is -0.342 e. The summed E-state index contributed by atoms with van der Waals surface area (Å²) >= 11 is 0. The Kier molecular flexibility index (Phi) is 16.5. The first-order valence-corrected chi connectivity index (χ1v) is 20.0. The highest BCUT2D eigenvalue weighted by molar-refractivity contribution is 5.81. The maximum absolute atomic E-state index is 13.6. The summed E-state index contributed by atoms with van der Waals surface area (Å²) in [5.41, 5.74) is 2.62. The van der Waals surface area contributed by atoms with Crippen LogP contribution in [0.2, 0.25) is 0 Å². The molecule has 0 spiro atoms. The van der Waals surface area contributed by atoms with Gasteiger partial charge in [0.15, 0.2) is 0 Å². The number of piperidine rings is 1. The highest BCUT2D eigenvalue weighted by Gasteiger charge is 2.28. The highest BCUT2D eigenvalue weighted by Crippen LogP contribution is 2.28. The van der Waals surface area contributed by atoms with Crippen molar-refractivity contribution in [2.24, 2.45) is 0 Å². The van der Waals surface area contributed by atoms with Gasteiger partial charge in [-0.2, -0.15) is 0 Å². The van der Waals surface area contributed by atoms with E-state index in [1.807, 2.05) is 42.3 Å². The number of benzene rings is 2. The number of fused-ring (bicyclic) bond motifs is 1. The van der Waals surface area contributed by atoms with Crippen LogP contribution in [0.15, 0.2) is 126 Å². The number of aromatic nitrogens is 4. The molecule has 1 aliphatic rings. The number of nitrogens with zero attached hydrogens (tertiary/aromatic N) is 6. The van der Waals surface area contributed by atoms with E-state index in [1.165, 1.54) is 29.0 Å². The van der Waals surface area contributed by atoms with E-state index in [4.69, 9.17) is 4.98 Å². The average molecular weight is 745 g/mol. The van der Waals surface area contributed by atoms with Crippen LogP contribution in [0, 0.1) is 5.82 Å². The second kappa shape index (κ2) is 22.2. The van der Waals surface area contributed by atoms with Crippen LogP contribution in [0.1, 0.15) is 94.3 Å². The zero-order valence-corrected chi connectivity index (χ0v) is 32.6. The van der Waals surface area contributed by atoms with E-state index in [9.17, 15) is 14.0 Å². The zero-order valence-electron chi connectivity index (χ0n) is 32.6. The number of hydrogen-bond donors (Lipinski definition) is 0. The fourth-order valence-electron chi connectivity index (χ4n) is 6.93. The predicted octanol–water partition coefficient (Wildman–Crippen LogP) is 10.2. The molecule has 0 saturated carbocycles. The van der Waals surface area contributed by atoms with Crippen molar-refractivity contribution in [3.8, 4) is 0 Å². The molecule has 2 aromatic heterocycles. The highest BCUT2D eigenvalue weighted by atomic mass is 19.1. The largest absolute Gasteiger partial charge is 0.342 e. The van der Waals surface area contributed by atoms with Crippen molar-refractivity contribution in [2.45, 2.75) is 96.6 Å². The quantitative estimate of drug-likeness (QED) is 0.0663. The third-order valence-corrected chi connectivity index (χ3v) is 9.99. The molecule has 1 fully saturated rings. The van der Waals surface area contributed by atoms with Crippen molar-refractivity contribution in [3.05, 3.63) is 143 Å². The molecule has 1 aliphatic heterocycles. The van der Waals surface area contributed by atoms with Crippen LogP contribution in [0.4, 0.5) is 16.3 Å². The summed E-state index contributed by atoms with van der Waals surface area (Å²) in [5.74, 6) is 0.830. The van der Waals surface area contributed by atoms with Gasteiger partial charge < -0.3 is 14.4 Å². The van der Waals surface area contributed by atoms with E-state index in [0.29, 0.717) is 18.9 Å². The van der Waals surface area contributed by atoms with E-state index in [-0.39, 0.29) is 23.3 Å². The third-order valence-electron chi connectivity index (χ3n) is 9.99. The van der Waals surface area contributed by atoms with Gasteiger partial charge in [-0.15, -0.1) is 0 Å². The van der Waals surface area contributed by atoms with Crippen molar-refractivity contribution in [3.63, 3.8) is 0 Å². The van der Waals surface area contributed by atoms with Crippen molar-refractivity contribution < 1.29 is 9.18 Å². The molecule has 0 unspecified atom stereocenters. The normalized spacial score (nSPS) is 14.3. The van der Waals surface area contributed by atoms with E-state index in [2.05, 4.69) is 88.2 Å². The summed E-state index contributed by atoms with van der Waals surface area (Å²) in [6, 6.07) is 16.2. The first-order chi connectivity index (χ1) is 27.0. The second-order valence-corrected chi connectivity index (χ2v) is 14.1. The van der Waals surface area contributed by atoms with Crippen LogP contribution in [-0.4, -0.2) is 51.2 Å². The fraction of sp³-hybridized carbons (Fsp3) is 0.391. The molecule has 0 atom stereocenters. The van der Waals surface area contributed by atoms with Gasteiger partial charge >= 0.3 is 0 Å². The number of anilines is 2. The number of carbonyl (C=O) groups is 1. The Hall–Kier alpha value is -5.31. The molecule has 8 nitrogen and oxygen atoms in total. The van der Waals surface area contributed by atoms with Gasteiger partial charge in [-0.1, -0.05) is 98.4 Å². The Morgan fingerprint density at radius 2 is 1.45 bits per heavy atom. The number of halogens is 1. The Morgan fingerprint density at radius 1 is 0.818 bits per heavy atom. The Labute approximate surface area is 326 Å². The molecule has 9 heteroatoms. The molecule has 3 heterocycles. The van der Waals surface area contributed by atoms with Gasteiger partial charge in [-0.3, -0.25) is 9.59 Å². The van der Waals surface area contributed by atoms with E-state index in [1.54, 1.807) is 0 Å². The van der Waals surface area contributed by atoms with Gasteiger partial charge in [0.05, 0.1) is 17.6 Å². The van der Waals surface area contributed by atoms with Crippen molar-refractivity contribution in [1.29, 1.82) is 0 Å². The summed E-state index contributed by atoms with van der Waals surface area (Å²) in [5, 5.41) is 0. The molecular formula is C46H57FN6O2. The molecule has 0 aliphatic carbocycles. The molecule has 0 amide bonds. The molecule has 0 bridgehead atoms. The number of hydrogen-bond acceptors (Lipinski definition) is 6. The molecule has 0 radical (unpaired) electrons. The fourth-order valence-corrected chi connectivity index (χ4v) is 6.93. The van der Waals surface area contributed by atoms with Crippen LogP contribution in [0.25, 0.3) is 11.0 Å². The summed E-state index contributed by atoms with van der Waals surface area (Å²) in [6.45, 7) is 4.24. The summed E-state index contributed by atoms with van der Waals surface area (Å²) in [7, 11) is 1.93. The molecule has 0 N–H and O–H groups in total.